The van der Waals surface area contributed by atoms with Gasteiger partial charge in [-0.25, -0.2) is 0 Å². The molecular weight excluding hydrogens is 326 g/mol. The molecule has 2 aromatic rings. The van der Waals surface area contributed by atoms with E-state index in [4.69, 9.17) is 0 Å². The predicted octanol–water partition coefficient (Wildman–Crippen LogP) is 3.81. The number of ketones is 1. The first kappa shape index (κ1) is 18.3. The van der Waals surface area contributed by atoms with Gasteiger partial charge in [-0.1, -0.05) is 63.2 Å². The van der Waals surface area contributed by atoms with E-state index in [0.717, 1.165) is 5.56 Å². The third kappa shape index (κ3) is 2.95. The van der Waals surface area contributed by atoms with Crippen LogP contribution in [0, 0.1) is 0 Å². The Balaban J connectivity index is 1.90. The highest BCUT2D eigenvalue weighted by atomic mass is 16.3. The molecule has 136 valence electrons. The average Bonchev–Trinajstić information content (AvgIpc) is 2.82. The van der Waals surface area contributed by atoms with Gasteiger partial charge in [0.25, 0.3) is 5.91 Å². The fourth-order valence-corrected chi connectivity index (χ4v) is 3.48. The van der Waals surface area contributed by atoms with Crippen molar-refractivity contribution in [3.05, 3.63) is 65.2 Å². The van der Waals surface area contributed by atoms with Gasteiger partial charge in [0.15, 0.2) is 11.4 Å². The number of hydrogen-bond donors (Lipinski definition) is 1. The van der Waals surface area contributed by atoms with Crippen LogP contribution in [0.25, 0.3) is 0 Å². The van der Waals surface area contributed by atoms with Crippen LogP contribution in [0.4, 0.5) is 5.69 Å². The molecule has 3 rings (SSSR count). The van der Waals surface area contributed by atoms with Crippen molar-refractivity contribution in [1.29, 1.82) is 0 Å². The number of rotatable bonds is 4. The highest BCUT2D eigenvalue weighted by Gasteiger charge is 2.50. The molecule has 0 fully saturated rings. The predicted molar refractivity (Wildman–Crippen MR) is 102 cm³/mol. The molecule has 0 bridgehead atoms. The van der Waals surface area contributed by atoms with Crippen molar-refractivity contribution in [3.8, 4) is 0 Å². The van der Waals surface area contributed by atoms with Crippen LogP contribution >= 0.6 is 0 Å². The highest BCUT2D eigenvalue weighted by Crippen LogP contribution is 2.42. The molecule has 1 heterocycles. The smallest absolute Gasteiger partial charge is 0.264 e. The van der Waals surface area contributed by atoms with Gasteiger partial charge in [-0.2, -0.15) is 0 Å². The normalized spacial score (nSPS) is 19.6. The lowest BCUT2D eigenvalue weighted by atomic mass is 9.85. The summed E-state index contributed by atoms with van der Waals surface area (Å²) in [4.78, 5) is 27.1. The number of anilines is 1. The topological polar surface area (TPSA) is 57.6 Å². The van der Waals surface area contributed by atoms with Crippen LogP contribution in [0.3, 0.4) is 0 Å². The van der Waals surface area contributed by atoms with Gasteiger partial charge >= 0.3 is 0 Å². The Morgan fingerprint density at radius 2 is 1.69 bits per heavy atom. The van der Waals surface area contributed by atoms with Crippen LogP contribution in [-0.4, -0.2) is 23.3 Å². The number of likely N-dealkylation sites (N-methyl/N-ethyl adjacent to an activating group) is 1. The van der Waals surface area contributed by atoms with E-state index < -0.39 is 11.5 Å². The van der Waals surface area contributed by atoms with Gasteiger partial charge in [0.1, 0.15) is 0 Å². The number of carbonyl (C=O) groups excluding carboxylic acids is 2. The van der Waals surface area contributed by atoms with Gasteiger partial charge in [-0.3, -0.25) is 9.59 Å². The van der Waals surface area contributed by atoms with Crippen LogP contribution in [0.5, 0.6) is 0 Å². The molecule has 1 atom stereocenters. The van der Waals surface area contributed by atoms with Crippen LogP contribution in [0.1, 0.15) is 55.6 Å². The molecule has 0 unspecified atom stereocenters. The zero-order valence-corrected chi connectivity index (χ0v) is 15.7. The van der Waals surface area contributed by atoms with Crippen molar-refractivity contribution in [2.24, 2.45) is 0 Å². The van der Waals surface area contributed by atoms with Gasteiger partial charge in [0, 0.05) is 17.7 Å². The second kappa shape index (κ2) is 6.36. The van der Waals surface area contributed by atoms with Gasteiger partial charge in [-0.05, 0) is 24.0 Å². The van der Waals surface area contributed by atoms with Crippen molar-refractivity contribution in [2.75, 3.05) is 11.4 Å². The molecule has 0 saturated heterocycles. The number of carbonyl (C=O) groups is 2. The summed E-state index contributed by atoms with van der Waals surface area (Å²) >= 11 is 0. The summed E-state index contributed by atoms with van der Waals surface area (Å²) in [6.07, 6.45) is -0.256. The Kier molecular flexibility index (Phi) is 4.49. The van der Waals surface area contributed by atoms with E-state index in [0.29, 0.717) is 23.4 Å². The highest BCUT2D eigenvalue weighted by molar-refractivity contribution is 6.10. The molecule has 1 amide bonds. The molecule has 1 N–H and O–H groups in total. The van der Waals surface area contributed by atoms with Crippen molar-refractivity contribution in [2.45, 2.75) is 45.1 Å². The standard InChI is InChI=1S/C22H25NO3/c1-5-23-18-9-7-6-8-17(18)22(26,20(23)25)14-19(24)15-10-12-16(13-11-15)21(2,3)4/h6-13,26H,5,14H2,1-4H3/t22-/m0/s1. The van der Waals surface area contributed by atoms with E-state index in [-0.39, 0.29) is 17.6 Å². The summed E-state index contributed by atoms with van der Waals surface area (Å²) in [6.45, 7) is 8.64. The Morgan fingerprint density at radius 1 is 1.08 bits per heavy atom. The fraction of sp³-hybridized carbons (Fsp3) is 0.364. The van der Waals surface area contributed by atoms with Gasteiger partial charge in [0.05, 0.1) is 12.1 Å². The first-order chi connectivity index (χ1) is 12.2. The summed E-state index contributed by atoms with van der Waals surface area (Å²) in [5.74, 6) is -0.671. The molecule has 2 aromatic carbocycles. The minimum Gasteiger partial charge on any atom is -0.375 e. The maximum Gasteiger partial charge on any atom is 0.264 e. The summed E-state index contributed by atoms with van der Waals surface area (Å²) in [6, 6.07) is 14.5. The summed E-state index contributed by atoms with van der Waals surface area (Å²) < 4.78 is 0. The lowest BCUT2D eigenvalue weighted by Gasteiger charge is -2.22. The van der Waals surface area contributed by atoms with E-state index in [1.54, 1.807) is 30.3 Å². The van der Waals surface area contributed by atoms with Crippen molar-refractivity contribution >= 4 is 17.4 Å². The zero-order chi connectivity index (χ0) is 19.1. The maximum atomic E-state index is 12.8. The minimum atomic E-state index is -1.80. The molecule has 4 nitrogen and oxygen atoms in total. The Bertz CT molecular complexity index is 848. The number of nitrogens with zero attached hydrogens (tertiary/aromatic N) is 1. The van der Waals surface area contributed by atoms with Gasteiger partial charge in [-0.15, -0.1) is 0 Å². The zero-order valence-electron chi connectivity index (χ0n) is 15.7. The van der Waals surface area contributed by atoms with Crippen molar-refractivity contribution in [3.63, 3.8) is 0 Å². The third-order valence-corrected chi connectivity index (χ3v) is 5.04. The SMILES string of the molecule is CCN1C(=O)[C@](O)(CC(=O)c2ccc(C(C)(C)C)cc2)c2ccccc21. The molecule has 0 saturated carbocycles. The summed E-state index contributed by atoms with van der Waals surface area (Å²) in [5, 5.41) is 11.1. The first-order valence-electron chi connectivity index (χ1n) is 8.96. The van der Waals surface area contributed by atoms with E-state index >= 15 is 0 Å². The second-order valence-corrected chi connectivity index (χ2v) is 7.85. The minimum absolute atomic E-state index is 0.00175. The number of hydrogen-bond acceptors (Lipinski definition) is 3. The Labute approximate surface area is 154 Å². The number of fused-ring (bicyclic) bond motifs is 1. The maximum absolute atomic E-state index is 12.8. The third-order valence-electron chi connectivity index (χ3n) is 5.04. The Morgan fingerprint density at radius 3 is 2.27 bits per heavy atom. The number of Topliss-reactive ketones (excluding diaryl/α,β-unsaturated/α-hetero) is 1. The average molecular weight is 351 g/mol. The van der Waals surface area contributed by atoms with Gasteiger partial charge in [0.2, 0.25) is 0 Å². The molecule has 0 aromatic heterocycles. The second-order valence-electron chi connectivity index (χ2n) is 7.85. The van der Waals surface area contributed by atoms with Crippen LogP contribution in [0.15, 0.2) is 48.5 Å². The fourth-order valence-electron chi connectivity index (χ4n) is 3.48. The van der Waals surface area contributed by atoms with Crippen molar-refractivity contribution < 1.29 is 14.7 Å². The molecule has 26 heavy (non-hydrogen) atoms. The number of aliphatic hydroxyl groups is 1. The van der Waals surface area contributed by atoms with E-state index in [9.17, 15) is 14.7 Å². The van der Waals surface area contributed by atoms with E-state index in [1.807, 2.05) is 25.1 Å². The van der Waals surface area contributed by atoms with E-state index in [1.165, 1.54) is 4.90 Å². The number of benzene rings is 2. The van der Waals surface area contributed by atoms with Crippen LogP contribution in [-0.2, 0) is 15.8 Å². The monoisotopic (exact) mass is 351 g/mol. The number of amides is 1. The molecule has 1 aliphatic heterocycles. The van der Waals surface area contributed by atoms with E-state index in [2.05, 4.69) is 20.8 Å². The van der Waals surface area contributed by atoms with Gasteiger partial charge < -0.3 is 10.0 Å². The molecule has 4 heteroatoms. The lowest BCUT2D eigenvalue weighted by Crippen LogP contribution is -2.41. The molecular formula is C22H25NO3. The summed E-state index contributed by atoms with van der Waals surface area (Å²) in [7, 11) is 0. The summed E-state index contributed by atoms with van der Waals surface area (Å²) in [5.41, 5.74) is 1.03. The van der Waals surface area contributed by atoms with Crippen LogP contribution in [0.2, 0.25) is 0 Å². The number of para-hydroxylation sites is 1. The molecule has 0 aliphatic carbocycles. The first-order valence-corrected chi connectivity index (χ1v) is 8.96. The Hall–Kier alpha value is -2.46. The molecule has 0 radical (unpaired) electrons. The van der Waals surface area contributed by atoms with Crippen LogP contribution < -0.4 is 4.90 Å². The van der Waals surface area contributed by atoms with Crippen molar-refractivity contribution in [1.82, 2.24) is 0 Å². The quantitative estimate of drug-likeness (QED) is 0.852. The lowest BCUT2D eigenvalue weighted by molar-refractivity contribution is -0.135. The molecule has 0 spiro atoms. The molecule has 1 aliphatic rings. The largest absolute Gasteiger partial charge is 0.375 e.